The first kappa shape index (κ1) is 95.1. The van der Waals surface area contributed by atoms with Gasteiger partial charge in [0.1, 0.15) is 19.3 Å². The molecule has 0 heterocycles. The molecule has 3 unspecified atom stereocenters. The standard InChI is InChI=1S/C78H152O17P2/c1-8-10-11-12-13-14-15-16-17-18-19-20-21-22-23-24-27-31-39-47-54-61-77(82)94-73(65-88-75(80)59-52-45-38-30-28-25-26-29-35-42-49-56-69(3)4)67-92-96(84,85)90-63-72(79)64-91-97(86,87)93-68-74(66-89-76(81)60-53-46-41-34-36-43-50-57-70(5)6)95-78(83)62-55-48-40-33-32-37-44-51-58-71(7)9-2/h69-74,79H,8-68H2,1-7H3,(H,84,85)(H,86,87)/t71?,72-,73-,74-/m1/s1. The van der Waals surface area contributed by atoms with Gasteiger partial charge in [0.2, 0.25) is 0 Å². The van der Waals surface area contributed by atoms with Crippen molar-refractivity contribution in [3.05, 3.63) is 0 Å². The highest BCUT2D eigenvalue weighted by Gasteiger charge is 2.30. The number of carbonyl (C=O) groups excluding carboxylic acids is 4. The average molecular weight is 1420 g/mol. The number of hydrogen-bond acceptors (Lipinski definition) is 15. The Hall–Kier alpha value is -1.94. The van der Waals surface area contributed by atoms with Crippen LogP contribution in [0.5, 0.6) is 0 Å². The third-order valence-electron chi connectivity index (χ3n) is 18.5. The molecular weight excluding hydrogens is 1270 g/mol. The molecular formula is C78H152O17P2. The fourth-order valence-corrected chi connectivity index (χ4v) is 13.5. The van der Waals surface area contributed by atoms with E-state index in [0.717, 1.165) is 108 Å². The molecule has 0 aliphatic carbocycles. The Morgan fingerprint density at radius 2 is 0.526 bits per heavy atom. The molecule has 0 saturated carbocycles. The Balaban J connectivity index is 5.21. The van der Waals surface area contributed by atoms with Crippen molar-refractivity contribution in [1.82, 2.24) is 0 Å². The van der Waals surface area contributed by atoms with E-state index in [1.54, 1.807) is 0 Å². The van der Waals surface area contributed by atoms with Crippen LogP contribution in [0.4, 0.5) is 0 Å². The smallest absolute Gasteiger partial charge is 0.462 e. The lowest BCUT2D eigenvalue weighted by Gasteiger charge is -2.21. The Labute approximate surface area is 594 Å². The molecule has 576 valence electrons. The van der Waals surface area contributed by atoms with Gasteiger partial charge in [-0.15, -0.1) is 0 Å². The van der Waals surface area contributed by atoms with Gasteiger partial charge in [-0.2, -0.15) is 0 Å². The molecule has 0 aliphatic rings. The summed E-state index contributed by atoms with van der Waals surface area (Å²) >= 11 is 0. The minimum atomic E-state index is -4.96. The van der Waals surface area contributed by atoms with E-state index in [-0.39, 0.29) is 25.7 Å². The second-order valence-electron chi connectivity index (χ2n) is 29.3. The first-order valence-electron chi connectivity index (χ1n) is 40.4. The van der Waals surface area contributed by atoms with E-state index >= 15 is 0 Å². The van der Waals surface area contributed by atoms with Crippen LogP contribution in [-0.2, 0) is 65.4 Å². The van der Waals surface area contributed by atoms with Crippen molar-refractivity contribution in [2.75, 3.05) is 39.6 Å². The van der Waals surface area contributed by atoms with E-state index in [2.05, 4.69) is 48.5 Å². The molecule has 0 fully saturated rings. The van der Waals surface area contributed by atoms with Crippen LogP contribution >= 0.6 is 15.6 Å². The van der Waals surface area contributed by atoms with Crippen molar-refractivity contribution in [2.24, 2.45) is 17.8 Å². The maximum atomic E-state index is 13.1. The predicted molar refractivity (Wildman–Crippen MR) is 395 cm³/mol. The normalized spacial score (nSPS) is 14.3. The van der Waals surface area contributed by atoms with Crippen LogP contribution in [-0.4, -0.2) is 96.7 Å². The zero-order chi connectivity index (χ0) is 71.6. The van der Waals surface area contributed by atoms with Crippen molar-refractivity contribution in [3.8, 4) is 0 Å². The van der Waals surface area contributed by atoms with Crippen LogP contribution in [0.1, 0.15) is 402 Å². The van der Waals surface area contributed by atoms with E-state index in [9.17, 15) is 43.2 Å². The summed E-state index contributed by atoms with van der Waals surface area (Å²) in [6.45, 7) is 11.9. The minimum Gasteiger partial charge on any atom is -0.462 e. The molecule has 0 aromatic heterocycles. The summed E-state index contributed by atoms with van der Waals surface area (Å²) in [6.07, 6.45) is 55.7. The highest BCUT2D eigenvalue weighted by molar-refractivity contribution is 7.47. The second-order valence-corrected chi connectivity index (χ2v) is 32.2. The number of aliphatic hydroxyl groups excluding tert-OH is 1. The van der Waals surface area contributed by atoms with E-state index in [1.165, 1.54) is 205 Å². The van der Waals surface area contributed by atoms with Crippen LogP contribution in [0, 0.1) is 17.8 Å². The first-order chi connectivity index (χ1) is 46.8. The zero-order valence-electron chi connectivity index (χ0n) is 63.5. The number of esters is 4. The molecule has 0 aromatic rings. The number of hydrogen-bond donors (Lipinski definition) is 3. The van der Waals surface area contributed by atoms with Gasteiger partial charge >= 0.3 is 39.5 Å². The molecule has 0 rings (SSSR count). The highest BCUT2D eigenvalue weighted by Crippen LogP contribution is 2.45. The summed E-state index contributed by atoms with van der Waals surface area (Å²) in [5.41, 5.74) is 0. The van der Waals surface area contributed by atoms with Gasteiger partial charge in [-0.1, -0.05) is 350 Å². The van der Waals surface area contributed by atoms with Crippen molar-refractivity contribution >= 4 is 39.5 Å². The third kappa shape index (κ3) is 70.9. The largest absolute Gasteiger partial charge is 0.472 e. The van der Waals surface area contributed by atoms with Gasteiger partial charge in [-0.05, 0) is 43.4 Å². The minimum absolute atomic E-state index is 0.104. The van der Waals surface area contributed by atoms with Crippen molar-refractivity contribution in [3.63, 3.8) is 0 Å². The van der Waals surface area contributed by atoms with Crippen LogP contribution in [0.2, 0.25) is 0 Å². The number of carbonyl (C=O) groups is 4. The lowest BCUT2D eigenvalue weighted by atomic mass is 9.99. The van der Waals surface area contributed by atoms with Gasteiger partial charge in [0.15, 0.2) is 12.2 Å². The molecule has 6 atom stereocenters. The maximum Gasteiger partial charge on any atom is 0.472 e. The fourth-order valence-electron chi connectivity index (χ4n) is 11.9. The van der Waals surface area contributed by atoms with E-state index in [4.69, 9.17) is 37.0 Å². The molecule has 0 amide bonds. The Kier molecular flexibility index (Phi) is 67.1. The number of phosphoric acid groups is 2. The third-order valence-corrected chi connectivity index (χ3v) is 20.4. The monoisotopic (exact) mass is 1420 g/mol. The van der Waals surface area contributed by atoms with Gasteiger partial charge in [0, 0.05) is 25.7 Å². The molecule has 97 heavy (non-hydrogen) atoms. The van der Waals surface area contributed by atoms with Crippen molar-refractivity contribution < 1.29 is 80.2 Å². The summed E-state index contributed by atoms with van der Waals surface area (Å²) in [5, 5.41) is 10.6. The van der Waals surface area contributed by atoms with Crippen LogP contribution in [0.25, 0.3) is 0 Å². The summed E-state index contributed by atoms with van der Waals surface area (Å²) in [5.74, 6) is 0.126. The Morgan fingerprint density at radius 1 is 0.299 bits per heavy atom. The summed E-state index contributed by atoms with van der Waals surface area (Å²) in [4.78, 5) is 72.9. The molecule has 19 heteroatoms. The van der Waals surface area contributed by atoms with Crippen LogP contribution < -0.4 is 0 Å². The second kappa shape index (κ2) is 68.5. The number of ether oxygens (including phenoxy) is 4. The Morgan fingerprint density at radius 3 is 0.784 bits per heavy atom. The summed E-state index contributed by atoms with van der Waals surface area (Å²) < 4.78 is 68.6. The van der Waals surface area contributed by atoms with Crippen LogP contribution in [0.15, 0.2) is 0 Å². The molecule has 3 N–H and O–H groups in total. The van der Waals surface area contributed by atoms with Gasteiger partial charge in [0.05, 0.1) is 26.4 Å². The van der Waals surface area contributed by atoms with Gasteiger partial charge in [0.25, 0.3) is 0 Å². The molecule has 0 spiro atoms. The topological polar surface area (TPSA) is 237 Å². The zero-order valence-corrected chi connectivity index (χ0v) is 65.3. The molecule has 0 saturated heterocycles. The predicted octanol–water partition coefficient (Wildman–Crippen LogP) is 23.0. The van der Waals surface area contributed by atoms with E-state index in [0.29, 0.717) is 31.6 Å². The molecule has 17 nitrogen and oxygen atoms in total. The van der Waals surface area contributed by atoms with Gasteiger partial charge in [-0.25, -0.2) is 9.13 Å². The van der Waals surface area contributed by atoms with E-state index < -0.39 is 97.5 Å². The quantitative estimate of drug-likeness (QED) is 0.0222. The molecule has 0 aromatic carbocycles. The number of unbranched alkanes of at least 4 members (excludes halogenated alkanes) is 43. The van der Waals surface area contributed by atoms with Gasteiger partial charge < -0.3 is 33.8 Å². The van der Waals surface area contributed by atoms with Crippen molar-refractivity contribution in [1.29, 1.82) is 0 Å². The lowest BCUT2D eigenvalue weighted by Crippen LogP contribution is -2.30. The molecule has 0 bridgehead atoms. The molecule has 0 aliphatic heterocycles. The fraction of sp³-hybridized carbons (Fsp3) is 0.949. The van der Waals surface area contributed by atoms with Gasteiger partial charge in [-0.3, -0.25) is 37.3 Å². The van der Waals surface area contributed by atoms with E-state index in [1.807, 2.05) is 0 Å². The maximum absolute atomic E-state index is 13.1. The number of rotatable bonds is 76. The molecule has 0 radical (unpaired) electrons. The lowest BCUT2D eigenvalue weighted by molar-refractivity contribution is -0.161. The summed E-state index contributed by atoms with van der Waals surface area (Å²) in [6, 6.07) is 0. The SMILES string of the molecule is CCCCCCCCCCCCCCCCCCCCCCCC(=O)O[C@H](COC(=O)CCCCCCCCCCCCCC(C)C)COP(=O)(O)OC[C@@H](O)COP(=O)(O)OC[C@@H](COC(=O)CCCCCCCCCC(C)C)OC(=O)CCCCCCCCCCC(C)CC. The van der Waals surface area contributed by atoms with Crippen LogP contribution in [0.3, 0.4) is 0 Å². The number of aliphatic hydroxyl groups is 1. The average Bonchev–Trinajstić information content (AvgIpc) is 1.11. The first-order valence-corrected chi connectivity index (χ1v) is 43.4. The highest BCUT2D eigenvalue weighted by atomic mass is 31.2. The summed E-state index contributed by atoms with van der Waals surface area (Å²) in [7, 11) is -9.91. The number of phosphoric ester groups is 2. The van der Waals surface area contributed by atoms with Crippen molar-refractivity contribution in [2.45, 2.75) is 420 Å². The Bertz CT molecular complexity index is 1890.